The van der Waals surface area contributed by atoms with Crippen LogP contribution in [-0.4, -0.2) is 11.5 Å². The molecule has 0 aromatic carbocycles. The summed E-state index contributed by atoms with van der Waals surface area (Å²) in [5.41, 5.74) is 7.14. The van der Waals surface area contributed by atoms with Gasteiger partial charge in [0.15, 0.2) is 0 Å². The Kier molecular flexibility index (Phi) is 4.06. The highest BCUT2D eigenvalue weighted by molar-refractivity contribution is 7.10. The summed E-state index contributed by atoms with van der Waals surface area (Å²) in [7, 11) is 0. The first-order chi connectivity index (χ1) is 7.75. The van der Waals surface area contributed by atoms with Crippen molar-refractivity contribution in [2.75, 3.05) is 6.54 Å². The number of aryl methyl sites for hydroxylation is 1. The second-order valence-corrected chi connectivity index (χ2v) is 5.65. The fourth-order valence-electron chi connectivity index (χ4n) is 1.45. The second-order valence-electron chi connectivity index (χ2n) is 3.61. The Balaban J connectivity index is 1.76. The Bertz CT molecular complexity index is 422. The van der Waals surface area contributed by atoms with Crippen LogP contribution in [-0.2, 0) is 6.54 Å². The van der Waals surface area contributed by atoms with Gasteiger partial charge in [-0.1, -0.05) is 6.07 Å². The molecule has 86 valence electrons. The number of rotatable bonds is 5. The van der Waals surface area contributed by atoms with Gasteiger partial charge in [0, 0.05) is 23.3 Å². The minimum atomic E-state index is 0.0831. The molecule has 0 aliphatic rings. The summed E-state index contributed by atoms with van der Waals surface area (Å²) in [4.78, 5) is 5.61. The average Bonchev–Trinajstić information content (AvgIpc) is 2.89. The van der Waals surface area contributed by atoms with Gasteiger partial charge in [-0.3, -0.25) is 0 Å². The maximum Gasteiger partial charge on any atom is 0.0897 e. The standard InChI is InChI=1S/C11H15N3S2/c1-8-14-9(7-16-8)5-13-6-10(12)11-3-2-4-15-11/h2-4,7,10,13H,5-6,12H2,1H3. The number of thiazole rings is 1. The molecule has 0 radical (unpaired) electrons. The van der Waals surface area contributed by atoms with E-state index in [-0.39, 0.29) is 6.04 Å². The molecule has 5 heteroatoms. The van der Waals surface area contributed by atoms with Crippen molar-refractivity contribution in [1.29, 1.82) is 0 Å². The lowest BCUT2D eigenvalue weighted by molar-refractivity contribution is 0.599. The van der Waals surface area contributed by atoms with Gasteiger partial charge in [0.25, 0.3) is 0 Å². The molecule has 3 N–H and O–H groups in total. The molecular weight excluding hydrogens is 238 g/mol. The lowest BCUT2D eigenvalue weighted by atomic mass is 10.2. The molecule has 2 rings (SSSR count). The summed E-state index contributed by atoms with van der Waals surface area (Å²) >= 11 is 3.38. The van der Waals surface area contributed by atoms with Gasteiger partial charge >= 0.3 is 0 Å². The van der Waals surface area contributed by atoms with E-state index in [0.29, 0.717) is 0 Å². The highest BCUT2D eigenvalue weighted by Gasteiger charge is 2.06. The van der Waals surface area contributed by atoms with E-state index in [1.54, 1.807) is 22.7 Å². The van der Waals surface area contributed by atoms with Gasteiger partial charge in [0.05, 0.1) is 16.7 Å². The number of aromatic nitrogens is 1. The Morgan fingerprint density at radius 1 is 1.50 bits per heavy atom. The third-order valence-electron chi connectivity index (χ3n) is 2.25. The van der Waals surface area contributed by atoms with Crippen molar-refractivity contribution in [2.45, 2.75) is 19.5 Å². The molecule has 3 nitrogen and oxygen atoms in total. The zero-order valence-corrected chi connectivity index (χ0v) is 10.8. The Labute approximate surface area is 103 Å². The highest BCUT2D eigenvalue weighted by atomic mass is 32.1. The molecule has 2 aromatic heterocycles. The third-order valence-corrected chi connectivity index (χ3v) is 4.07. The van der Waals surface area contributed by atoms with Gasteiger partial charge in [-0.15, -0.1) is 22.7 Å². The molecule has 0 aliphatic heterocycles. The van der Waals surface area contributed by atoms with E-state index < -0.39 is 0 Å². The van der Waals surface area contributed by atoms with E-state index >= 15 is 0 Å². The van der Waals surface area contributed by atoms with Gasteiger partial charge in [-0.05, 0) is 18.4 Å². The molecule has 2 aromatic rings. The smallest absolute Gasteiger partial charge is 0.0897 e. The third kappa shape index (κ3) is 3.12. The molecule has 0 saturated heterocycles. The zero-order valence-electron chi connectivity index (χ0n) is 9.14. The van der Waals surface area contributed by atoms with E-state index in [2.05, 4.69) is 27.1 Å². The number of thiophene rings is 1. The van der Waals surface area contributed by atoms with E-state index in [1.807, 2.05) is 13.0 Å². The van der Waals surface area contributed by atoms with Crippen molar-refractivity contribution >= 4 is 22.7 Å². The van der Waals surface area contributed by atoms with Crippen LogP contribution in [0.5, 0.6) is 0 Å². The van der Waals surface area contributed by atoms with Gasteiger partial charge in [-0.25, -0.2) is 4.98 Å². The van der Waals surface area contributed by atoms with E-state index in [1.165, 1.54) is 4.88 Å². The molecule has 2 heterocycles. The van der Waals surface area contributed by atoms with E-state index in [0.717, 1.165) is 23.8 Å². The van der Waals surface area contributed by atoms with Crippen LogP contribution in [0.15, 0.2) is 22.9 Å². The Morgan fingerprint density at radius 2 is 2.38 bits per heavy atom. The summed E-state index contributed by atoms with van der Waals surface area (Å²) in [6, 6.07) is 4.19. The predicted octanol–water partition coefficient (Wildman–Crippen LogP) is 2.30. The summed E-state index contributed by atoms with van der Waals surface area (Å²) < 4.78 is 0. The number of nitrogens with one attached hydrogen (secondary N) is 1. The molecule has 0 fully saturated rings. The summed E-state index contributed by atoms with van der Waals surface area (Å²) in [5.74, 6) is 0. The molecule has 1 atom stereocenters. The van der Waals surface area contributed by atoms with Gasteiger partial charge < -0.3 is 11.1 Å². The number of nitrogens with zero attached hydrogens (tertiary/aromatic N) is 1. The van der Waals surface area contributed by atoms with Crippen molar-refractivity contribution < 1.29 is 0 Å². The summed E-state index contributed by atoms with van der Waals surface area (Å²) in [5, 5.41) is 8.58. The molecule has 0 spiro atoms. The first kappa shape index (κ1) is 11.7. The van der Waals surface area contributed by atoms with Crippen molar-refractivity contribution in [3.63, 3.8) is 0 Å². The highest BCUT2D eigenvalue weighted by Crippen LogP contribution is 2.16. The van der Waals surface area contributed by atoms with Crippen molar-refractivity contribution in [3.05, 3.63) is 38.5 Å². The largest absolute Gasteiger partial charge is 0.322 e. The predicted molar refractivity (Wildman–Crippen MR) is 69.8 cm³/mol. The maximum absolute atomic E-state index is 6.04. The normalized spacial score (nSPS) is 12.9. The number of nitrogens with two attached hydrogens (primary N) is 1. The molecule has 0 saturated carbocycles. The first-order valence-electron chi connectivity index (χ1n) is 5.16. The maximum atomic E-state index is 6.04. The first-order valence-corrected chi connectivity index (χ1v) is 6.92. The lowest BCUT2D eigenvalue weighted by Gasteiger charge is -2.09. The van der Waals surface area contributed by atoms with Crippen LogP contribution in [0.25, 0.3) is 0 Å². The van der Waals surface area contributed by atoms with Crippen LogP contribution in [0, 0.1) is 6.92 Å². The van der Waals surface area contributed by atoms with Gasteiger partial charge in [0.1, 0.15) is 0 Å². The SMILES string of the molecule is Cc1nc(CNCC(N)c2cccs2)cs1. The summed E-state index contributed by atoms with van der Waals surface area (Å²) in [6.07, 6.45) is 0. The van der Waals surface area contributed by atoms with E-state index in [4.69, 9.17) is 5.73 Å². The van der Waals surface area contributed by atoms with E-state index in [9.17, 15) is 0 Å². The van der Waals surface area contributed by atoms with Crippen LogP contribution in [0.3, 0.4) is 0 Å². The van der Waals surface area contributed by atoms with Crippen molar-refractivity contribution in [1.82, 2.24) is 10.3 Å². The van der Waals surface area contributed by atoms with Crippen LogP contribution >= 0.6 is 22.7 Å². The summed E-state index contributed by atoms with van der Waals surface area (Å²) in [6.45, 7) is 3.60. The quantitative estimate of drug-likeness (QED) is 0.859. The monoisotopic (exact) mass is 253 g/mol. The molecular formula is C11H15N3S2. The van der Waals surface area contributed by atoms with Gasteiger partial charge in [-0.2, -0.15) is 0 Å². The minimum absolute atomic E-state index is 0.0831. The molecule has 1 unspecified atom stereocenters. The fourth-order valence-corrected chi connectivity index (χ4v) is 2.79. The van der Waals surface area contributed by atoms with Crippen LogP contribution < -0.4 is 11.1 Å². The molecule has 16 heavy (non-hydrogen) atoms. The van der Waals surface area contributed by atoms with Crippen molar-refractivity contribution in [3.8, 4) is 0 Å². The molecule has 0 aliphatic carbocycles. The van der Waals surface area contributed by atoms with Crippen molar-refractivity contribution in [2.24, 2.45) is 5.73 Å². The Hall–Kier alpha value is -0.750. The lowest BCUT2D eigenvalue weighted by Crippen LogP contribution is -2.26. The fraction of sp³-hybridized carbons (Fsp3) is 0.364. The average molecular weight is 253 g/mol. The molecule has 0 amide bonds. The second kappa shape index (κ2) is 5.54. The zero-order chi connectivity index (χ0) is 11.4. The van der Waals surface area contributed by atoms with Crippen LogP contribution in [0.1, 0.15) is 21.6 Å². The topological polar surface area (TPSA) is 50.9 Å². The number of hydrogen-bond acceptors (Lipinski definition) is 5. The Morgan fingerprint density at radius 3 is 3.00 bits per heavy atom. The minimum Gasteiger partial charge on any atom is -0.322 e. The van der Waals surface area contributed by atoms with Crippen LogP contribution in [0.4, 0.5) is 0 Å². The van der Waals surface area contributed by atoms with Crippen LogP contribution in [0.2, 0.25) is 0 Å². The van der Waals surface area contributed by atoms with Gasteiger partial charge in [0.2, 0.25) is 0 Å². The molecule has 0 bridgehead atoms. The number of hydrogen-bond donors (Lipinski definition) is 2.